The Morgan fingerprint density at radius 1 is 1.08 bits per heavy atom. The van der Waals surface area contributed by atoms with Gasteiger partial charge < -0.3 is 10.6 Å². The molecule has 0 atom stereocenters. The number of amides is 2. The predicted octanol–water partition coefficient (Wildman–Crippen LogP) is 5.17. The quantitative estimate of drug-likeness (QED) is 0.784. The number of halogens is 4. The molecule has 3 nitrogen and oxygen atoms in total. The fourth-order valence-corrected chi connectivity index (χ4v) is 2.66. The van der Waals surface area contributed by atoms with Gasteiger partial charge in [-0.05, 0) is 48.7 Å². The van der Waals surface area contributed by atoms with E-state index >= 15 is 0 Å². The van der Waals surface area contributed by atoms with Gasteiger partial charge in [-0.3, -0.25) is 0 Å². The van der Waals surface area contributed by atoms with Crippen molar-refractivity contribution in [2.75, 3.05) is 5.32 Å². The highest BCUT2D eigenvalue weighted by Crippen LogP contribution is 2.45. The van der Waals surface area contributed by atoms with Gasteiger partial charge in [0.25, 0.3) is 0 Å². The number of urea groups is 1. The van der Waals surface area contributed by atoms with Gasteiger partial charge in [0.15, 0.2) is 0 Å². The molecule has 3 rings (SSSR count). The van der Waals surface area contributed by atoms with E-state index in [-0.39, 0.29) is 5.69 Å². The normalized spacial score (nSPS) is 15.7. The molecule has 2 aromatic rings. The lowest BCUT2D eigenvalue weighted by molar-refractivity contribution is -0.137. The van der Waals surface area contributed by atoms with E-state index in [0.29, 0.717) is 5.02 Å². The molecule has 0 aliphatic heterocycles. The first-order chi connectivity index (χ1) is 11.3. The maximum absolute atomic E-state index is 12.7. The summed E-state index contributed by atoms with van der Waals surface area (Å²) in [6.07, 6.45) is -2.91. The van der Waals surface area contributed by atoms with Crippen LogP contribution >= 0.6 is 11.6 Å². The third-order valence-electron chi connectivity index (χ3n) is 3.95. The van der Waals surface area contributed by atoms with Gasteiger partial charge in [0, 0.05) is 10.7 Å². The number of carbonyl (C=O) groups is 1. The van der Waals surface area contributed by atoms with Crippen LogP contribution in [-0.2, 0) is 11.7 Å². The van der Waals surface area contributed by atoms with Crippen LogP contribution in [0.1, 0.15) is 24.0 Å². The Morgan fingerprint density at radius 2 is 1.75 bits per heavy atom. The highest BCUT2D eigenvalue weighted by atomic mass is 35.5. The standard InChI is InChI=1S/C17H14ClF3N2O/c18-13-6-4-11(5-7-13)16(8-9-16)23-15(24)22-14-3-1-2-12(10-14)17(19,20)21/h1-7,10H,8-9H2,(H2,22,23,24). The summed E-state index contributed by atoms with van der Waals surface area (Å²) in [5.41, 5.74) is -0.268. The fourth-order valence-electron chi connectivity index (χ4n) is 2.53. The Morgan fingerprint density at radius 3 is 2.33 bits per heavy atom. The molecular formula is C17H14ClF3N2O. The Kier molecular flexibility index (Phi) is 4.17. The van der Waals surface area contributed by atoms with Crippen molar-refractivity contribution in [3.05, 3.63) is 64.7 Å². The molecule has 24 heavy (non-hydrogen) atoms. The van der Waals surface area contributed by atoms with Crippen LogP contribution in [0.15, 0.2) is 48.5 Å². The van der Waals surface area contributed by atoms with Crippen LogP contribution in [0.2, 0.25) is 5.02 Å². The lowest BCUT2D eigenvalue weighted by atomic mass is 10.1. The van der Waals surface area contributed by atoms with Gasteiger partial charge in [-0.15, -0.1) is 0 Å². The number of benzene rings is 2. The van der Waals surface area contributed by atoms with E-state index in [4.69, 9.17) is 11.6 Å². The van der Waals surface area contributed by atoms with Crippen molar-refractivity contribution in [1.29, 1.82) is 0 Å². The van der Waals surface area contributed by atoms with Gasteiger partial charge in [-0.25, -0.2) is 4.79 Å². The maximum atomic E-state index is 12.7. The molecule has 0 heterocycles. The number of rotatable bonds is 3. The average Bonchev–Trinajstić information content (AvgIpc) is 3.27. The lowest BCUT2D eigenvalue weighted by Gasteiger charge is -2.19. The Balaban J connectivity index is 1.69. The highest BCUT2D eigenvalue weighted by Gasteiger charge is 2.45. The second kappa shape index (κ2) is 6.02. The van der Waals surface area contributed by atoms with Crippen LogP contribution in [0.4, 0.5) is 23.7 Å². The zero-order valence-corrected chi connectivity index (χ0v) is 13.2. The summed E-state index contributed by atoms with van der Waals surface area (Å²) < 4.78 is 38.1. The van der Waals surface area contributed by atoms with Gasteiger partial charge in [0.05, 0.1) is 11.1 Å². The summed E-state index contributed by atoms with van der Waals surface area (Å²) in [4.78, 5) is 12.1. The number of hydrogen-bond acceptors (Lipinski definition) is 1. The van der Waals surface area contributed by atoms with Crippen LogP contribution < -0.4 is 10.6 Å². The maximum Gasteiger partial charge on any atom is 0.416 e. The van der Waals surface area contributed by atoms with Crippen LogP contribution in [0.3, 0.4) is 0 Å². The van der Waals surface area contributed by atoms with Crippen LogP contribution in [0, 0.1) is 0 Å². The zero-order valence-electron chi connectivity index (χ0n) is 12.5. The fraction of sp³-hybridized carbons (Fsp3) is 0.235. The summed E-state index contributed by atoms with van der Waals surface area (Å²) in [6.45, 7) is 0. The molecule has 2 amide bonds. The molecule has 0 aromatic heterocycles. The smallest absolute Gasteiger partial charge is 0.328 e. The third kappa shape index (κ3) is 3.64. The van der Waals surface area contributed by atoms with E-state index in [1.807, 2.05) is 12.1 Å². The first-order valence-electron chi connectivity index (χ1n) is 7.31. The van der Waals surface area contributed by atoms with Gasteiger partial charge in [-0.1, -0.05) is 29.8 Å². The van der Waals surface area contributed by atoms with Crippen molar-refractivity contribution in [1.82, 2.24) is 5.32 Å². The van der Waals surface area contributed by atoms with E-state index < -0.39 is 23.3 Å². The minimum atomic E-state index is -4.45. The SMILES string of the molecule is O=C(Nc1cccc(C(F)(F)F)c1)NC1(c2ccc(Cl)cc2)CC1. The topological polar surface area (TPSA) is 41.1 Å². The lowest BCUT2D eigenvalue weighted by Crippen LogP contribution is -2.38. The van der Waals surface area contributed by atoms with Crippen molar-refractivity contribution in [3.63, 3.8) is 0 Å². The van der Waals surface area contributed by atoms with Crippen molar-refractivity contribution in [3.8, 4) is 0 Å². The van der Waals surface area contributed by atoms with Crippen LogP contribution in [-0.4, -0.2) is 6.03 Å². The first-order valence-corrected chi connectivity index (χ1v) is 7.69. The Labute approximate surface area is 141 Å². The molecule has 0 radical (unpaired) electrons. The Hall–Kier alpha value is -2.21. The number of nitrogens with one attached hydrogen (secondary N) is 2. The number of anilines is 1. The highest BCUT2D eigenvalue weighted by molar-refractivity contribution is 6.30. The summed E-state index contributed by atoms with van der Waals surface area (Å²) in [5, 5.41) is 5.89. The minimum Gasteiger partial charge on any atom is -0.328 e. The number of carbonyl (C=O) groups excluding carboxylic acids is 1. The van der Waals surface area contributed by atoms with Crippen LogP contribution in [0.5, 0.6) is 0 Å². The molecule has 0 spiro atoms. The summed E-state index contributed by atoms with van der Waals surface area (Å²) >= 11 is 5.86. The van der Waals surface area contributed by atoms with Gasteiger partial charge in [-0.2, -0.15) is 13.2 Å². The molecule has 126 valence electrons. The monoisotopic (exact) mass is 354 g/mol. The van der Waals surface area contributed by atoms with E-state index in [1.165, 1.54) is 12.1 Å². The number of alkyl halides is 3. The molecule has 0 unspecified atom stereocenters. The molecular weight excluding hydrogens is 341 g/mol. The molecule has 1 saturated carbocycles. The molecule has 0 saturated heterocycles. The second-order valence-electron chi connectivity index (χ2n) is 5.75. The van der Waals surface area contributed by atoms with E-state index in [9.17, 15) is 18.0 Å². The first kappa shape index (κ1) is 16.6. The van der Waals surface area contributed by atoms with Crippen molar-refractivity contribution < 1.29 is 18.0 Å². The predicted molar refractivity (Wildman–Crippen MR) is 86.0 cm³/mol. The molecule has 1 aliphatic rings. The molecule has 1 fully saturated rings. The average molecular weight is 355 g/mol. The van der Waals surface area contributed by atoms with Gasteiger partial charge in [0.2, 0.25) is 0 Å². The summed E-state index contributed by atoms with van der Waals surface area (Å²) in [7, 11) is 0. The van der Waals surface area contributed by atoms with Gasteiger partial charge in [0.1, 0.15) is 0 Å². The largest absolute Gasteiger partial charge is 0.416 e. The van der Waals surface area contributed by atoms with E-state index in [2.05, 4.69) is 10.6 Å². The van der Waals surface area contributed by atoms with Crippen molar-refractivity contribution >= 4 is 23.3 Å². The zero-order chi connectivity index (χ0) is 17.4. The third-order valence-corrected chi connectivity index (χ3v) is 4.20. The molecule has 2 N–H and O–H groups in total. The summed E-state index contributed by atoms with van der Waals surface area (Å²) in [6, 6.07) is 11.1. The molecule has 1 aliphatic carbocycles. The second-order valence-corrected chi connectivity index (χ2v) is 6.18. The van der Waals surface area contributed by atoms with E-state index in [0.717, 1.165) is 30.5 Å². The minimum absolute atomic E-state index is 0.0919. The molecule has 7 heteroatoms. The molecule has 2 aromatic carbocycles. The van der Waals surface area contributed by atoms with E-state index in [1.54, 1.807) is 12.1 Å². The summed E-state index contributed by atoms with van der Waals surface area (Å²) in [5.74, 6) is 0. The van der Waals surface area contributed by atoms with Gasteiger partial charge >= 0.3 is 12.2 Å². The molecule has 0 bridgehead atoms. The van der Waals surface area contributed by atoms with Crippen molar-refractivity contribution in [2.24, 2.45) is 0 Å². The Bertz CT molecular complexity index is 755. The van der Waals surface area contributed by atoms with Crippen LogP contribution in [0.25, 0.3) is 0 Å². The van der Waals surface area contributed by atoms with Crippen molar-refractivity contribution in [2.45, 2.75) is 24.6 Å². The number of hydrogen-bond donors (Lipinski definition) is 2.